The number of carbonyl (C=O) groups is 2. The summed E-state index contributed by atoms with van der Waals surface area (Å²) in [7, 11) is -4.11. The lowest BCUT2D eigenvalue weighted by Gasteiger charge is -2.32. The van der Waals surface area contributed by atoms with E-state index in [1.807, 2.05) is 6.92 Å². The van der Waals surface area contributed by atoms with Gasteiger partial charge in [0.15, 0.2) is 0 Å². The van der Waals surface area contributed by atoms with Gasteiger partial charge in [0.25, 0.3) is 10.0 Å². The quantitative estimate of drug-likeness (QED) is 0.351. The molecular formula is C27H29Cl2N3O4S. The first-order valence-corrected chi connectivity index (χ1v) is 14.0. The topological polar surface area (TPSA) is 86.8 Å². The molecule has 0 saturated heterocycles. The Labute approximate surface area is 228 Å². The van der Waals surface area contributed by atoms with E-state index in [4.69, 9.17) is 23.2 Å². The molecule has 0 spiro atoms. The maximum Gasteiger partial charge on any atom is 0.264 e. The Morgan fingerprint density at radius 3 is 2.03 bits per heavy atom. The molecule has 3 aromatic rings. The number of rotatable bonds is 11. The standard InChI is InChI=1S/C27H29Cl2N3O4S/c1-3-17-30-27(34)20(2)31(18-21-9-11-22(28)12-10-21)26(33)19-32(24-15-13-23(29)14-16-24)37(35,36)25-7-5-4-6-8-25/h4-16,20H,3,17-19H2,1-2H3,(H,30,34). The van der Waals surface area contributed by atoms with Gasteiger partial charge in [-0.05, 0) is 67.4 Å². The van der Waals surface area contributed by atoms with Gasteiger partial charge in [-0.2, -0.15) is 0 Å². The summed E-state index contributed by atoms with van der Waals surface area (Å²) in [5, 5.41) is 3.78. The Hall–Kier alpha value is -3.07. The van der Waals surface area contributed by atoms with E-state index in [1.165, 1.54) is 29.2 Å². The highest BCUT2D eigenvalue weighted by Crippen LogP contribution is 2.26. The molecule has 0 saturated carbocycles. The predicted molar refractivity (Wildman–Crippen MR) is 147 cm³/mol. The molecule has 0 radical (unpaired) electrons. The maximum atomic E-state index is 13.8. The molecule has 1 atom stereocenters. The van der Waals surface area contributed by atoms with E-state index >= 15 is 0 Å². The molecule has 0 aliphatic rings. The minimum atomic E-state index is -4.11. The zero-order valence-corrected chi connectivity index (χ0v) is 22.9. The van der Waals surface area contributed by atoms with Crippen LogP contribution in [0.4, 0.5) is 5.69 Å². The summed E-state index contributed by atoms with van der Waals surface area (Å²) >= 11 is 12.0. The van der Waals surface area contributed by atoms with Crippen molar-refractivity contribution in [3.63, 3.8) is 0 Å². The Balaban J connectivity index is 1.99. The van der Waals surface area contributed by atoms with Crippen LogP contribution < -0.4 is 9.62 Å². The SMILES string of the molecule is CCCNC(=O)C(C)N(Cc1ccc(Cl)cc1)C(=O)CN(c1ccc(Cl)cc1)S(=O)(=O)c1ccccc1. The van der Waals surface area contributed by atoms with Crippen LogP contribution in [-0.4, -0.2) is 44.3 Å². The third-order valence-corrected chi connectivity index (χ3v) is 8.00. The molecule has 0 aliphatic heterocycles. The van der Waals surface area contributed by atoms with Gasteiger partial charge in [0.05, 0.1) is 10.6 Å². The fraction of sp³-hybridized carbons (Fsp3) is 0.259. The highest BCUT2D eigenvalue weighted by molar-refractivity contribution is 7.92. The Kier molecular flexibility index (Phi) is 9.97. The van der Waals surface area contributed by atoms with Gasteiger partial charge in [-0.15, -0.1) is 0 Å². The molecule has 10 heteroatoms. The van der Waals surface area contributed by atoms with E-state index in [9.17, 15) is 18.0 Å². The molecule has 37 heavy (non-hydrogen) atoms. The molecular weight excluding hydrogens is 533 g/mol. The fourth-order valence-electron chi connectivity index (χ4n) is 3.62. The first-order chi connectivity index (χ1) is 17.6. The van der Waals surface area contributed by atoms with Gasteiger partial charge < -0.3 is 10.2 Å². The van der Waals surface area contributed by atoms with Crippen molar-refractivity contribution in [1.29, 1.82) is 0 Å². The summed E-state index contributed by atoms with van der Waals surface area (Å²) < 4.78 is 28.3. The summed E-state index contributed by atoms with van der Waals surface area (Å²) in [6.07, 6.45) is 0.739. The summed E-state index contributed by atoms with van der Waals surface area (Å²) in [6.45, 7) is 3.59. The third kappa shape index (κ3) is 7.47. The average Bonchev–Trinajstić information content (AvgIpc) is 2.90. The van der Waals surface area contributed by atoms with Gasteiger partial charge in [0.1, 0.15) is 12.6 Å². The second-order valence-electron chi connectivity index (χ2n) is 8.42. The zero-order chi connectivity index (χ0) is 27.0. The second-order valence-corrected chi connectivity index (χ2v) is 11.2. The van der Waals surface area contributed by atoms with Gasteiger partial charge in [-0.25, -0.2) is 8.42 Å². The molecule has 0 aliphatic carbocycles. The number of amides is 2. The zero-order valence-electron chi connectivity index (χ0n) is 20.6. The lowest BCUT2D eigenvalue weighted by atomic mass is 10.1. The van der Waals surface area contributed by atoms with Crippen molar-refractivity contribution in [2.45, 2.75) is 37.8 Å². The number of benzene rings is 3. The second kappa shape index (κ2) is 12.9. The van der Waals surface area contributed by atoms with E-state index in [0.29, 0.717) is 16.6 Å². The summed E-state index contributed by atoms with van der Waals surface area (Å²) in [6, 6.07) is 20.1. The third-order valence-electron chi connectivity index (χ3n) is 5.71. The van der Waals surface area contributed by atoms with E-state index < -0.39 is 28.5 Å². The molecule has 2 amide bonds. The van der Waals surface area contributed by atoms with Crippen molar-refractivity contribution < 1.29 is 18.0 Å². The predicted octanol–water partition coefficient (Wildman–Crippen LogP) is 5.13. The normalized spacial score (nSPS) is 12.0. The lowest BCUT2D eigenvalue weighted by molar-refractivity contribution is -0.139. The van der Waals surface area contributed by atoms with Gasteiger partial charge in [-0.1, -0.05) is 60.5 Å². The molecule has 0 bridgehead atoms. The van der Waals surface area contributed by atoms with Crippen LogP contribution in [0.15, 0.2) is 83.8 Å². The van der Waals surface area contributed by atoms with Crippen molar-refractivity contribution in [1.82, 2.24) is 10.2 Å². The first-order valence-electron chi connectivity index (χ1n) is 11.8. The highest BCUT2D eigenvalue weighted by Gasteiger charge is 2.32. The maximum absolute atomic E-state index is 13.8. The van der Waals surface area contributed by atoms with Gasteiger partial charge in [0.2, 0.25) is 11.8 Å². The van der Waals surface area contributed by atoms with Crippen molar-refractivity contribution in [2.24, 2.45) is 0 Å². The molecule has 1 unspecified atom stereocenters. The smallest absolute Gasteiger partial charge is 0.264 e. The van der Waals surface area contributed by atoms with Crippen LogP contribution in [0, 0.1) is 0 Å². The van der Waals surface area contributed by atoms with Crippen molar-refractivity contribution >= 4 is 50.7 Å². The molecule has 1 N–H and O–H groups in total. The number of carbonyl (C=O) groups excluding carboxylic acids is 2. The summed E-state index contributed by atoms with van der Waals surface area (Å²) in [5.74, 6) is -0.864. The van der Waals surface area contributed by atoms with Gasteiger partial charge in [-0.3, -0.25) is 13.9 Å². The molecule has 7 nitrogen and oxygen atoms in total. The molecule has 0 aromatic heterocycles. The van der Waals surface area contributed by atoms with Gasteiger partial charge >= 0.3 is 0 Å². The van der Waals surface area contributed by atoms with Gasteiger partial charge in [0, 0.05) is 23.1 Å². The number of nitrogens with one attached hydrogen (secondary N) is 1. The average molecular weight is 563 g/mol. The molecule has 0 heterocycles. The number of halogens is 2. The van der Waals surface area contributed by atoms with Crippen molar-refractivity contribution in [3.05, 3.63) is 94.5 Å². The lowest BCUT2D eigenvalue weighted by Crippen LogP contribution is -2.51. The van der Waals surface area contributed by atoms with Crippen molar-refractivity contribution in [2.75, 3.05) is 17.4 Å². The van der Waals surface area contributed by atoms with Crippen LogP contribution >= 0.6 is 23.2 Å². The summed E-state index contributed by atoms with van der Waals surface area (Å²) in [5.41, 5.74) is 1.02. The number of hydrogen-bond donors (Lipinski definition) is 1. The summed E-state index contributed by atoms with van der Waals surface area (Å²) in [4.78, 5) is 28.0. The minimum Gasteiger partial charge on any atom is -0.354 e. The van der Waals surface area contributed by atoms with Crippen LogP contribution in [0.5, 0.6) is 0 Å². The van der Waals surface area contributed by atoms with E-state index in [0.717, 1.165) is 16.3 Å². The number of sulfonamides is 1. The van der Waals surface area contributed by atoms with Crippen LogP contribution in [-0.2, 0) is 26.2 Å². The number of nitrogens with zero attached hydrogens (tertiary/aromatic N) is 2. The Morgan fingerprint density at radius 2 is 1.46 bits per heavy atom. The van der Waals surface area contributed by atoms with Crippen LogP contribution in [0.25, 0.3) is 0 Å². The Morgan fingerprint density at radius 1 is 0.892 bits per heavy atom. The molecule has 196 valence electrons. The molecule has 0 fully saturated rings. The van der Waals surface area contributed by atoms with Crippen LogP contribution in [0.1, 0.15) is 25.8 Å². The minimum absolute atomic E-state index is 0.0377. The van der Waals surface area contributed by atoms with E-state index in [1.54, 1.807) is 61.5 Å². The molecule has 3 aromatic carbocycles. The number of anilines is 1. The van der Waals surface area contributed by atoms with E-state index in [2.05, 4.69) is 5.32 Å². The Bertz CT molecular complexity index is 1300. The molecule has 3 rings (SSSR count). The number of hydrogen-bond acceptors (Lipinski definition) is 4. The van der Waals surface area contributed by atoms with E-state index in [-0.39, 0.29) is 23.0 Å². The highest BCUT2D eigenvalue weighted by atomic mass is 35.5. The monoisotopic (exact) mass is 561 g/mol. The van der Waals surface area contributed by atoms with Crippen LogP contribution in [0.2, 0.25) is 10.0 Å². The van der Waals surface area contributed by atoms with Crippen molar-refractivity contribution in [3.8, 4) is 0 Å². The van der Waals surface area contributed by atoms with Crippen LogP contribution in [0.3, 0.4) is 0 Å². The fourth-order valence-corrected chi connectivity index (χ4v) is 5.31. The first kappa shape index (κ1) is 28.5. The largest absolute Gasteiger partial charge is 0.354 e.